The molecule has 0 aliphatic carbocycles. The smallest absolute Gasteiger partial charge is 0.221 e. The average molecular weight is 255 g/mol. The summed E-state index contributed by atoms with van der Waals surface area (Å²) < 4.78 is 5.80. The van der Waals surface area contributed by atoms with Crippen LogP contribution in [0.15, 0.2) is 0 Å². The second kappa shape index (κ2) is 7.07. The van der Waals surface area contributed by atoms with Gasteiger partial charge in [0.2, 0.25) is 5.91 Å². The lowest BCUT2D eigenvalue weighted by atomic mass is 10.2. The van der Waals surface area contributed by atoms with Gasteiger partial charge in [0.25, 0.3) is 0 Å². The van der Waals surface area contributed by atoms with Gasteiger partial charge < -0.3 is 15.4 Å². The SMILES string of the molecule is CCNCCC(=O)NCC1CN2CCCC2CO1. The molecule has 2 unspecified atom stereocenters. The highest BCUT2D eigenvalue weighted by atomic mass is 16.5. The quantitative estimate of drug-likeness (QED) is 0.654. The number of nitrogens with one attached hydrogen (secondary N) is 2. The Hall–Kier alpha value is -0.650. The van der Waals surface area contributed by atoms with Gasteiger partial charge >= 0.3 is 0 Å². The van der Waals surface area contributed by atoms with Gasteiger partial charge in [-0.15, -0.1) is 0 Å². The van der Waals surface area contributed by atoms with E-state index in [0.717, 1.165) is 26.2 Å². The maximum atomic E-state index is 11.6. The van der Waals surface area contributed by atoms with E-state index in [1.54, 1.807) is 0 Å². The van der Waals surface area contributed by atoms with Crippen LogP contribution in [0.5, 0.6) is 0 Å². The molecule has 2 fully saturated rings. The predicted molar refractivity (Wildman–Crippen MR) is 70.5 cm³/mol. The Morgan fingerprint density at radius 3 is 3.22 bits per heavy atom. The number of carbonyl (C=O) groups excluding carboxylic acids is 1. The number of carbonyl (C=O) groups is 1. The Morgan fingerprint density at radius 1 is 1.50 bits per heavy atom. The number of fused-ring (bicyclic) bond motifs is 1. The molecule has 0 aromatic rings. The Labute approximate surface area is 109 Å². The lowest BCUT2D eigenvalue weighted by Crippen LogP contribution is -2.50. The molecule has 0 aromatic heterocycles. The van der Waals surface area contributed by atoms with Crippen molar-refractivity contribution in [2.45, 2.75) is 38.3 Å². The monoisotopic (exact) mass is 255 g/mol. The molecule has 2 heterocycles. The Bertz CT molecular complexity index is 273. The van der Waals surface area contributed by atoms with E-state index >= 15 is 0 Å². The van der Waals surface area contributed by atoms with Gasteiger partial charge in [0.15, 0.2) is 0 Å². The third-order valence-corrected chi connectivity index (χ3v) is 3.77. The number of ether oxygens (including phenoxy) is 1. The molecule has 2 N–H and O–H groups in total. The summed E-state index contributed by atoms with van der Waals surface area (Å²) in [7, 11) is 0. The summed E-state index contributed by atoms with van der Waals surface area (Å²) >= 11 is 0. The number of morpholine rings is 1. The average Bonchev–Trinajstić information content (AvgIpc) is 2.84. The van der Waals surface area contributed by atoms with Crippen LogP contribution in [-0.4, -0.2) is 62.3 Å². The standard InChI is InChI=1S/C13H25N3O2/c1-2-14-6-5-13(17)15-8-12-9-16-7-3-4-11(16)10-18-12/h11-12,14H,2-10H2,1H3,(H,15,17). The molecule has 0 aromatic carbocycles. The third kappa shape index (κ3) is 3.93. The van der Waals surface area contributed by atoms with Crippen LogP contribution in [0.25, 0.3) is 0 Å². The summed E-state index contributed by atoms with van der Waals surface area (Å²) in [6.07, 6.45) is 3.27. The van der Waals surface area contributed by atoms with Crippen LogP contribution in [0.4, 0.5) is 0 Å². The van der Waals surface area contributed by atoms with Crippen LogP contribution in [0.2, 0.25) is 0 Å². The maximum Gasteiger partial charge on any atom is 0.221 e. The minimum absolute atomic E-state index is 0.114. The van der Waals surface area contributed by atoms with Gasteiger partial charge in [-0.2, -0.15) is 0 Å². The van der Waals surface area contributed by atoms with Crippen molar-refractivity contribution < 1.29 is 9.53 Å². The van der Waals surface area contributed by atoms with E-state index in [4.69, 9.17) is 4.74 Å². The van der Waals surface area contributed by atoms with Gasteiger partial charge in [0.1, 0.15) is 0 Å². The number of rotatable bonds is 6. The first-order chi connectivity index (χ1) is 8.79. The molecule has 5 nitrogen and oxygen atoms in total. The topological polar surface area (TPSA) is 53.6 Å². The van der Waals surface area contributed by atoms with Crippen molar-refractivity contribution in [3.05, 3.63) is 0 Å². The molecule has 2 saturated heterocycles. The highest BCUT2D eigenvalue weighted by Gasteiger charge is 2.32. The van der Waals surface area contributed by atoms with Crippen LogP contribution < -0.4 is 10.6 Å². The number of hydrogen-bond acceptors (Lipinski definition) is 4. The molecule has 0 spiro atoms. The number of amides is 1. The summed E-state index contributed by atoms with van der Waals surface area (Å²) in [5, 5.41) is 6.11. The largest absolute Gasteiger partial charge is 0.373 e. The molecule has 2 aliphatic rings. The highest BCUT2D eigenvalue weighted by molar-refractivity contribution is 5.76. The van der Waals surface area contributed by atoms with Crippen molar-refractivity contribution >= 4 is 5.91 Å². The summed E-state index contributed by atoms with van der Waals surface area (Å²) in [5.41, 5.74) is 0. The number of nitrogens with zero attached hydrogens (tertiary/aromatic N) is 1. The highest BCUT2D eigenvalue weighted by Crippen LogP contribution is 2.22. The minimum Gasteiger partial charge on any atom is -0.373 e. The third-order valence-electron chi connectivity index (χ3n) is 3.77. The first-order valence-corrected chi connectivity index (χ1v) is 7.12. The molecule has 0 saturated carbocycles. The normalized spacial score (nSPS) is 28.1. The summed E-state index contributed by atoms with van der Waals surface area (Å²) in [4.78, 5) is 14.1. The van der Waals surface area contributed by atoms with Crippen molar-refractivity contribution in [1.82, 2.24) is 15.5 Å². The fraction of sp³-hybridized carbons (Fsp3) is 0.923. The molecule has 2 aliphatic heterocycles. The van der Waals surface area contributed by atoms with Gasteiger partial charge in [-0.3, -0.25) is 9.69 Å². The van der Waals surface area contributed by atoms with Crippen LogP contribution in [0.1, 0.15) is 26.2 Å². The van der Waals surface area contributed by atoms with Crippen molar-refractivity contribution in [1.29, 1.82) is 0 Å². The second-order valence-corrected chi connectivity index (χ2v) is 5.15. The first kappa shape index (κ1) is 13.8. The van der Waals surface area contributed by atoms with E-state index in [9.17, 15) is 4.79 Å². The fourth-order valence-corrected chi connectivity index (χ4v) is 2.70. The van der Waals surface area contributed by atoms with Gasteiger partial charge in [0, 0.05) is 32.1 Å². The van der Waals surface area contributed by atoms with E-state index in [1.165, 1.54) is 19.4 Å². The summed E-state index contributed by atoms with van der Waals surface area (Å²) in [6, 6.07) is 0.630. The van der Waals surface area contributed by atoms with E-state index in [1.807, 2.05) is 6.92 Å². The van der Waals surface area contributed by atoms with Gasteiger partial charge in [-0.25, -0.2) is 0 Å². The molecule has 1 amide bonds. The van der Waals surface area contributed by atoms with Gasteiger partial charge in [-0.05, 0) is 25.9 Å². The molecule has 2 rings (SSSR count). The van der Waals surface area contributed by atoms with Crippen LogP contribution in [0, 0.1) is 0 Å². The van der Waals surface area contributed by atoms with Crippen molar-refractivity contribution in [2.24, 2.45) is 0 Å². The lowest BCUT2D eigenvalue weighted by Gasteiger charge is -2.35. The van der Waals surface area contributed by atoms with E-state index in [2.05, 4.69) is 15.5 Å². The van der Waals surface area contributed by atoms with Crippen LogP contribution in [0.3, 0.4) is 0 Å². The number of hydrogen-bond donors (Lipinski definition) is 2. The molecule has 0 radical (unpaired) electrons. The van der Waals surface area contributed by atoms with E-state index in [-0.39, 0.29) is 12.0 Å². The zero-order valence-corrected chi connectivity index (χ0v) is 11.3. The first-order valence-electron chi connectivity index (χ1n) is 7.12. The molecule has 0 bridgehead atoms. The minimum atomic E-state index is 0.114. The Kier molecular flexibility index (Phi) is 5.41. The van der Waals surface area contributed by atoms with E-state index in [0.29, 0.717) is 19.0 Å². The Balaban J connectivity index is 1.60. The van der Waals surface area contributed by atoms with E-state index < -0.39 is 0 Å². The fourth-order valence-electron chi connectivity index (χ4n) is 2.70. The molecule has 104 valence electrons. The Morgan fingerprint density at radius 2 is 2.39 bits per heavy atom. The molecular formula is C13H25N3O2. The lowest BCUT2D eigenvalue weighted by molar-refractivity contribution is -0.122. The molecule has 18 heavy (non-hydrogen) atoms. The molecule has 2 atom stereocenters. The zero-order valence-electron chi connectivity index (χ0n) is 11.3. The zero-order chi connectivity index (χ0) is 12.8. The van der Waals surface area contributed by atoms with Crippen molar-refractivity contribution in [3.8, 4) is 0 Å². The van der Waals surface area contributed by atoms with Crippen molar-refractivity contribution in [2.75, 3.05) is 39.3 Å². The molecule has 5 heteroatoms. The molecular weight excluding hydrogens is 230 g/mol. The van der Waals surface area contributed by atoms with Gasteiger partial charge in [0.05, 0.1) is 12.7 Å². The van der Waals surface area contributed by atoms with Crippen LogP contribution in [-0.2, 0) is 9.53 Å². The summed E-state index contributed by atoms with van der Waals surface area (Å²) in [5.74, 6) is 0.114. The predicted octanol–water partition coefficient (Wildman–Crippen LogP) is -0.0346. The second-order valence-electron chi connectivity index (χ2n) is 5.15. The van der Waals surface area contributed by atoms with Gasteiger partial charge in [-0.1, -0.05) is 6.92 Å². The van der Waals surface area contributed by atoms with Crippen molar-refractivity contribution in [3.63, 3.8) is 0 Å². The summed E-state index contributed by atoms with van der Waals surface area (Å²) in [6.45, 7) is 7.35. The van der Waals surface area contributed by atoms with Crippen LogP contribution >= 0.6 is 0 Å². The maximum absolute atomic E-state index is 11.6.